The molecule has 0 radical (unpaired) electrons. The normalized spacial score (nSPS) is 12.4. The van der Waals surface area contributed by atoms with E-state index in [4.69, 9.17) is 11.6 Å². The van der Waals surface area contributed by atoms with Crippen LogP contribution in [0.15, 0.2) is 48.5 Å². The molecule has 2 aromatic carbocycles. The zero-order chi connectivity index (χ0) is 13.0. The molecule has 0 heterocycles. The van der Waals surface area contributed by atoms with Gasteiger partial charge in [0.25, 0.3) is 0 Å². The second-order valence-corrected chi connectivity index (χ2v) is 4.82. The molecule has 1 N–H and O–H groups in total. The molecular formula is C16H17ClO. The fraction of sp³-hybridized carbons (Fsp3) is 0.250. The van der Waals surface area contributed by atoms with Gasteiger partial charge in [-0.05, 0) is 29.2 Å². The number of hydrogen-bond acceptors (Lipinski definition) is 1. The number of hydrogen-bond donors (Lipinski definition) is 1. The summed E-state index contributed by atoms with van der Waals surface area (Å²) < 4.78 is 0. The molecule has 0 aliphatic carbocycles. The van der Waals surface area contributed by atoms with Crippen LogP contribution in [0, 0.1) is 0 Å². The van der Waals surface area contributed by atoms with E-state index in [0.717, 1.165) is 17.5 Å². The second kappa shape index (κ2) is 6.03. The molecule has 2 aromatic rings. The Balaban J connectivity index is 2.20. The maximum Gasteiger partial charge on any atom is 0.0844 e. The summed E-state index contributed by atoms with van der Waals surface area (Å²) in [6.07, 6.45) is 0.988. The van der Waals surface area contributed by atoms with E-state index in [2.05, 4.69) is 6.92 Å². The van der Waals surface area contributed by atoms with Gasteiger partial charge in [-0.2, -0.15) is 0 Å². The van der Waals surface area contributed by atoms with Crippen molar-refractivity contribution in [3.63, 3.8) is 0 Å². The van der Waals surface area contributed by atoms with Gasteiger partial charge in [-0.15, -0.1) is 0 Å². The molecule has 1 unspecified atom stereocenters. The highest BCUT2D eigenvalue weighted by molar-refractivity contribution is 6.31. The summed E-state index contributed by atoms with van der Waals surface area (Å²) in [5.74, 6) is 0. The third-order valence-corrected chi connectivity index (χ3v) is 3.44. The molecule has 0 saturated carbocycles. The third-order valence-electron chi connectivity index (χ3n) is 3.10. The Morgan fingerprint density at radius 3 is 2.44 bits per heavy atom. The van der Waals surface area contributed by atoms with E-state index in [1.165, 1.54) is 5.56 Å². The largest absolute Gasteiger partial charge is 0.388 e. The topological polar surface area (TPSA) is 20.2 Å². The number of aryl methyl sites for hydroxylation is 1. The van der Waals surface area contributed by atoms with Gasteiger partial charge in [0.2, 0.25) is 0 Å². The van der Waals surface area contributed by atoms with E-state index in [1.807, 2.05) is 48.5 Å². The molecule has 0 aliphatic heterocycles. The third kappa shape index (κ3) is 3.12. The summed E-state index contributed by atoms with van der Waals surface area (Å²) in [4.78, 5) is 0. The van der Waals surface area contributed by atoms with E-state index in [-0.39, 0.29) is 0 Å². The standard InChI is InChI=1S/C16H17ClO/c1-2-12-8-9-15(17)14(10-12)16(18)11-13-6-4-3-5-7-13/h3-10,16,18H,2,11H2,1H3. The summed E-state index contributed by atoms with van der Waals surface area (Å²) in [5.41, 5.74) is 3.13. The van der Waals surface area contributed by atoms with Crippen molar-refractivity contribution in [1.29, 1.82) is 0 Å². The van der Waals surface area contributed by atoms with Crippen LogP contribution in [0.2, 0.25) is 5.02 Å². The number of benzene rings is 2. The van der Waals surface area contributed by atoms with Crippen LogP contribution in [-0.2, 0) is 12.8 Å². The Hall–Kier alpha value is -1.31. The molecule has 0 amide bonds. The van der Waals surface area contributed by atoms with Crippen molar-refractivity contribution >= 4 is 11.6 Å². The van der Waals surface area contributed by atoms with Gasteiger partial charge in [-0.1, -0.05) is 61.0 Å². The molecule has 0 bridgehead atoms. The van der Waals surface area contributed by atoms with Gasteiger partial charge in [0, 0.05) is 11.4 Å². The second-order valence-electron chi connectivity index (χ2n) is 4.41. The monoisotopic (exact) mass is 260 g/mol. The number of aliphatic hydroxyl groups is 1. The maximum absolute atomic E-state index is 10.3. The summed E-state index contributed by atoms with van der Waals surface area (Å²) in [6.45, 7) is 2.09. The van der Waals surface area contributed by atoms with Crippen LogP contribution in [0.4, 0.5) is 0 Å². The highest BCUT2D eigenvalue weighted by Gasteiger charge is 2.12. The van der Waals surface area contributed by atoms with Crippen molar-refractivity contribution < 1.29 is 5.11 Å². The van der Waals surface area contributed by atoms with Gasteiger partial charge >= 0.3 is 0 Å². The molecule has 2 rings (SSSR count). The highest BCUT2D eigenvalue weighted by atomic mass is 35.5. The first kappa shape index (κ1) is 13.1. The molecule has 1 atom stereocenters. The predicted molar refractivity (Wildman–Crippen MR) is 75.9 cm³/mol. The number of halogens is 1. The van der Waals surface area contributed by atoms with E-state index in [9.17, 15) is 5.11 Å². The van der Waals surface area contributed by atoms with Crippen LogP contribution < -0.4 is 0 Å². The summed E-state index contributed by atoms with van der Waals surface area (Å²) in [6, 6.07) is 15.8. The smallest absolute Gasteiger partial charge is 0.0844 e. The first-order chi connectivity index (χ1) is 8.70. The SMILES string of the molecule is CCc1ccc(Cl)c(C(O)Cc2ccccc2)c1. The fourth-order valence-electron chi connectivity index (χ4n) is 2.02. The average molecular weight is 261 g/mol. The van der Waals surface area contributed by atoms with Gasteiger partial charge in [0.15, 0.2) is 0 Å². The van der Waals surface area contributed by atoms with Crippen LogP contribution in [-0.4, -0.2) is 5.11 Å². The minimum atomic E-state index is -0.550. The molecule has 18 heavy (non-hydrogen) atoms. The van der Waals surface area contributed by atoms with Crippen LogP contribution in [0.3, 0.4) is 0 Å². The van der Waals surface area contributed by atoms with E-state index < -0.39 is 6.10 Å². The van der Waals surface area contributed by atoms with E-state index in [0.29, 0.717) is 11.4 Å². The van der Waals surface area contributed by atoms with Crippen LogP contribution in [0.25, 0.3) is 0 Å². The van der Waals surface area contributed by atoms with Crippen molar-refractivity contribution in [3.8, 4) is 0 Å². The van der Waals surface area contributed by atoms with Crippen molar-refractivity contribution in [2.45, 2.75) is 25.9 Å². The molecule has 0 aromatic heterocycles. The van der Waals surface area contributed by atoms with Gasteiger partial charge in [-0.25, -0.2) is 0 Å². The van der Waals surface area contributed by atoms with E-state index in [1.54, 1.807) is 0 Å². The lowest BCUT2D eigenvalue weighted by Crippen LogP contribution is -2.03. The Labute approximate surface area is 113 Å². The molecule has 0 fully saturated rings. The minimum Gasteiger partial charge on any atom is -0.388 e. The van der Waals surface area contributed by atoms with Crippen molar-refractivity contribution in [3.05, 3.63) is 70.2 Å². The van der Waals surface area contributed by atoms with Gasteiger partial charge in [-0.3, -0.25) is 0 Å². The molecule has 0 aliphatic rings. The Bertz CT molecular complexity index is 508. The molecule has 1 nitrogen and oxygen atoms in total. The van der Waals surface area contributed by atoms with Crippen LogP contribution >= 0.6 is 11.6 Å². The lowest BCUT2D eigenvalue weighted by molar-refractivity contribution is 0.178. The van der Waals surface area contributed by atoms with Crippen LogP contribution in [0.5, 0.6) is 0 Å². The fourth-order valence-corrected chi connectivity index (χ4v) is 2.26. The molecule has 94 valence electrons. The van der Waals surface area contributed by atoms with Crippen molar-refractivity contribution in [2.75, 3.05) is 0 Å². The zero-order valence-corrected chi connectivity index (χ0v) is 11.2. The summed E-state index contributed by atoms with van der Waals surface area (Å²) in [5, 5.41) is 10.9. The van der Waals surface area contributed by atoms with Crippen molar-refractivity contribution in [2.24, 2.45) is 0 Å². The first-order valence-electron chi connectivity index (χ1n) is 6.21. The first-order valence-corrected chi connectivity index (χ1v) is 6.59. The van der Waals surface area contributed by atoms with Gasteiger partial charge < -0.3 is 5.11 Å². The Morgan fingerprint density at radius 1 is 1.06 bits per heavy atom. The average Bonchev–Trinajstić information content (AvgIpc) is 2.40. The Kier molecular flexibility index (Phi) is 4.40. The maximum atomic E-state index is 10.3. The van der Waals surface area contributed by atoms with Gasteiger partial charge in [0.1, 0.15) is 0 Å². The molecule has 0 spiro atoms. The highest BCUT2D eigenvalue weighted by Crippen LogP contribution is 2.27. The van der Waals surface area contributed by atoms with Gasteiger partial charge in [0.05, 0.1) is 6.10 Å². The number of rotatable bonds is 4. The van der Waals surface area contributed by atoms with E-state index >= 15 is 0 Å². The summed E-state index contributed by atoms with van der Waals surface area (Å²) >= 11 is 6.15. The molecule has 2 heteroatoms. The minimum absolute atomic E-state index is 0.550. The molecular weight excluding hydrogens is 244 g/mol. The quantitative estimate of drug-likeness (QED) is 0.874. The summed E-state index contributed by atoms with van der Waals surface area (Å²) in [7, 11) is 0. The van der Waals surface area contributed by atoms with Crippen molar-refractivity contribution in [1.82, 2.24) is 0 Å². The van der Waals surface area contributed by atoms with Crippen LogP contribution in [0.1, 0.15) is 29.7 Å². The predicted octanol–water partition coefficient (Wildman–Crippen LogP) is 4.18. The Morgan fingerprint density at radius 2 is 1.78 bits per heavy atom. The zero-order valence-electron chi connectivity index (χ0n) is 10.4. The lowest BCUT2D eigenvalue weighted by atomic mass is 9.99. The number of aliphatic hydroxyl groups excluding tert-OH is 1. The molecule has 0 saturated heterocycles. The lowest BCUT2D eigenvalue weighted by Gasteiger charge is -2.14.